The summed E-state index contributed by atoms with van der Waals surface area (Å²) in [7, 11) is 1.86. The third kappa shape index (κ3) is 5.30. The monoisotopic (exact) mass is 549 g/mol. The van der Waals surface area contributed by atoms with E-state index < -0.39 is 0 Å². The Hall–Kier alpha value is -4.93. The molecule has 0 radical (unpaired) electrons. The van der Waals surface area contributed by atoms with Crippen molar-refractivity contribution in [2.75, 3.05) is 11.9 Å². The van der Waals surface area contributed by atoms with Gasteiger partial charge in [-0.15, -0.1) is 5.10 Å². The normalized spacial score (nSPS) is 17.4. The summed E-state index contributed by atoms with van der Waals surface area (Å²) in [6.07, 6.45) is 7.21. The molecule has 2 aromatic carbocycles. The van der Waals surface area contributed by atoms with Crippen molar-refractivity contribution >= 4 is 39.5 Å². The Morgan fingerprint density at radius 1 is 1.15 bits per heavy atom. The molecule has 1 saturated heterocycles. The van der Waals surface area contributed by atoms with Crippen LogP contribution in [0.4, 0.5) is 11.5 Å². The molecule has 1 aliphatic rings. The van der Waals surface area contributed by atoms with Gasteiger partial charge in [0.2, 0.25) is 5.91 Å². The van der Waals surface area contributed by atoms with Gasteiger partial charge in [-0.25, -0.2) is 24.6 Å². The van der Waals surface area contributed by atoms with Gasteiger partial charge in [0.25, 0.3) is 0 Å². The van der Waals surface area contributed by atoms with Gasteiger partial charge in [0.05, 0.1) is 11.7 Å². The molecule has 0 aliphatic carbocycles. The van der Waals surface area contributed by atoms with Gasteiger partial charge in [0.15, 0.2) is 5.82 Å². The van der Waals surface area contributed by atoms with Gasteiger partial charge in [-0.3, -0.25) is 4.79 Å². The first kappa shape index (κ1) is 26.3. The molecule has 5 aromatic rings. The lowest BCUT2D eigenvalue weighted by Crippen LogP contribution is -2.37. The molecule has 41 heavy (non-hydrogen) atoms. The molecular formula is C30H31N9O2. The van der Waals surface area contributed by atoms with E-state index in [0.717, 1.165) is 53.1 Å². The number of nitrogens with zero attached hydrogens (tertiary/aromatic N) is 8. The molecule has 208 valence electrons. The summed E-state index contributed by atoms with van der Waals surface area (Å²) in [5.41, 5.74) is 4.83. The van der Waals surface area contributed by atoms with E-state index in [-0.39, 0.29) is 17.9 Å². The fourth-order valence-corrected chi connectivity index (χ4v) is 5.41. The molecule has 0 spiro atoms. The van der Waals surface area contributed by atoms with E-state index in [1.807, 2.05) is 55.3 Å². The number of hydrogen-bond donors (Lipinski definition) is 1. The number of nitrogens with one attached hydrogen (secondary N) is 1. The van der Waals surface area contributed by atoms with Gasteiger partial charge in [0.1, 0.15) is 40.2 Å². The number of likely N-dealkylation sites (tertiary alicyclic amines) is 1. The molecule has 0 saturated carbocycles. The number of carbonyl (C=O) groups excluding carboxylic acids is 1. The molecule has 4 heterocycles. The van der Waals surface area contributed by atoms with Crippen LogP contribution < -0.4 is 10.1 Å². The topological polar surface area (TPSA) is 124 Å². The van der Waals surface area contributed by atoms with Crippen LogP contribution in [0.3, 0.4) is 0 Å². The number of amides is 1. The van der Waals surface area contributed by atoms with Crippen LogP contribution in [-0.4, -0.2) is 58.3 Å². The number of fused-ring (bicyclic) bond motifs is 2. The lowest BCUT2D eigenvalue weighted by Gasteiger charge is -2.26. The van der Waals surface area contributed by atoms with Crippen LogP contribution in [0.25, 0.3) is 22.1 Å². The van der Waals surface area contributed by atoms with E-state index >= 15 is 0 Å². The maximum atomic E-state index is 12.3. The van der Waals surface area contributed by atoms with E-state index in [2.05, 4.69) is 44.1 Å². The quantitative estimate of drug-likeness (QED) is 0.284. The molecule has 1 fully saturated rings. The largest absolute Gasteiger partial charge is 0.457 e. The minimum Gasteiger partial charge on any atom is -0.457 e. The summed E-state index contributed by atoms with van der Waals surface area (Å²) >= 11 is 0. The molecule has 6 rings (SSSR count). The average molecular weight is 550 g/mol. The Kier molecular flexibility index (Phi) is 7.00. The third-order valence-corrected chi connectivity index (χ3v) is 7.58. The van der Waals surface area contributed by atoms with E-state index in [1.165, 1.54) is 12.4 Å². The van der Waals surface area contributed by atoms with Gasteiger partial charge >= 0.3 is 0 Å². The van der Waals surface area contributed by atoms with E-state index in [4.69, 9.17) is 9.72 Å². The second-order valence-electron chi connectivity index (χ2n) is 10.4. The Morgan fingerprint density at radius 3 is 2.85 bits per heavy atom. The number of ether oxygens (including phenoxy) is 1. The van der Waals surface area contributed by atoms with Crippen molar-refractivity contribution in [2.24, 2.45) is 7.05 Å². The number of carbonyl (C=O) groups is 1. The van der Waals surface area contributed by atoms with E-state index in [9.17, 15) is 4.79 Å². The summed E-state index contributed by atoms with van der Waals surface area (Å²) < 4.78 is 7.88. The Labute approximate surface area is 237 Å². The predicted molar refractivity (Wildman–Crippen MR) is 156 cm³/mol. The average Bonchev–Trinajstić information content (AvgIpc) is 3.23. The van der Waals surface area contributed by atoms with Gasteiger partial charge in [-0.2, -0.15) is 0 Å². The molecule has 2 atom stereocenters. The number of aromatic nitrogens is 7. The fraction of sp³-hybridized carbons (Fsp3) is 0.300. The van der Waals surface area contributed by atoms with Crippen LogP contribution in [0.2, 0.25) is 0 Å². The number of anilines is 2. The number of aryl methyl sites for hydroxylation is 2. The highest BCUT2D eigenvalue weighted by atomic mass is 16.5. The summed E-state index contributed by atoms with van der Waals surface area (Å²) in [6.45, 7) is 8.42. The number of benzene rings is 2. The minimum absolute atomic E-state index is 0.0317. The zero-order chi connectivity index (χ0) is 28.5. The summed E-state index contributed by atoms with van der Waals surface area (Å²) in [5.74, 6) is 2.88. The van der Waals surface area contributed by atoms with Crippen molar-refractivity contribution < 1.29 is 9.53 Å². The first-order valence-corrected chi connectivity index (χ1v) is 13.6. The lowest BCUT2D eigenvalue weighted by atomic mass is 9.96. The molecule has 11 heteroatoms. The van der Waals surface area contributed by atoms with Crippen molar-refractivity contribution in [1.82, 2.24) is 39.8 Å². The van der Waals surface area contributed by atoms with Gasteiger partial charge < -0.3 is 15.0 Å². The lowest BCUT2D eigenvalue weighted by molar-refractivity contribution is -0.127. The Bertz CT molecular complexity index is 1770. The van der Waals surface area contributed by atoms with Gasteiger partial charge in [-0.1, -0.05) is 11.8 Å². The number of rotatable bonds is 6. The first-order chi connectivity index (χ1) is 19.9. The molecule has 11 nitrogen and oxygen atoms in total. The minimum atomic E-state index is -0.0317. The second-order valence-corrected chi connectivity index (χ2v) is 10.4. The zero-order valence-electron chi connectivity index (χ0n) is 23.3. The molecule has 0 bridgehead atoms. The second kappa shape index (κ2) is 10.9. The van der Waals surface area contributed by atoms with Crippen LogP contribution in [0.1, 0.15) is 43.5 Å². The number of hydrogen-bond acceptors (Lipinski definition) is 9. The van der Waals surface area contributed by atoms with Crippen molar-refractivity contribution in [1.29, 1.82) is 0 Å². The standard InChI is InChI=1S/C30H31N9O2/c1-5-27(40)39-12-6-7-20(14-19(39)3)29-31-16-24-28(35-29)30(33-17-32-24)34-21-8-11-26(18(2)13-21)41-22-9-10-25-23(15-22)36-37-38(25)4/h5,8-11,13,15-17,19-20H,1,6-7,12,14H2,2-4H3,(H,32,33,34)/t19-,20?/m0/s1. The highest BCUT2D eigenvalue weighted by molar-refractivity contribution is 5.87. The summed E-state index contributed by atoms with van der Waals surface area (Å²) in [4.78, 5) is 32.6. The Balaban J connectivity index is 1.22. The highest BCUT2D eigenvalue weighted by Gasteiger charge is 2.28. The van der Waals surface area contributed by atoms with Crippen molar-refractivity contribution in [3.05, 3.63) is 73.0 Å². The third-order valence-electron chi connectivity index (χ3n) is 7.58. The van der Waals surface area contributed by atoms with Crippen LogP contribution in [0.5, 0.6) is 11.5 Å². The fourth-order valence-electron chi connectivity index (χ4n) is 5.41. The first-order valence-electron chi connectivity index (χ1n) is 13.6. The van der Waals surface area contributed by atoms with Crippen LogP contribution >= 0.6 is 0 Å². The van der Waals surface area contributed by atoms with Gasteiger partial charge in [0, 0.05) is 37.3 Å². The molecular weight excluding hydrogens is 518 g/mol. The SMILES string of the molecule is C=CC(=O)N1CCCC(c2ncc3ncnc(Nc4ccc(Oc5ccc6c(c5)nnn6C)c(C)c4)c3n2)C[C@@H]1C. The maximum Gasteiger partial charge on any atom is 0.246 e. The smallest absolute Gasteiger partial charge is 0.246 e. The predicted octanol–water partition coefficient (Wildman–Crippen LogP) is 5.22. The molecule has 3 aromatic heterocycles. The van der Waals surface area contributed by atoms with Crippen LogP contribution in [0, 0.1) is 6.92 Å². The molecule has 1 unspecified atom stereocenters. The van der Waals surface area contributed by atoms with Crippen molar-refractivity contribution in [2.45, 2.75) is 45.1 Å². The van der Waals surface area contributed by atoms with Crippen LogP contribution in [-0.2, 0) is 11.8 Å². The summed E-state index contributed by atoms with van der Waals surface area (Å²) in [6, 6.07) is 11.7. The zero-order valence-corrected chi connectivity index (χ0v) is 23.3. The van der Waals surface area contributed by atoms with Crippen molar-refractivity contribution in [3.63, 3.8) is 0 Å². The summed E-state index contributed by atoms with van der Waals surface area (Å²) in [5, 5.41) is 11.6. The van der Waals surface area contributed by atoms with Gasteiger partial charge in [-0.05, 0) is 75.1 Å². The van der Waals surface area contributed by atoms with E-state index in [1.54, 1.807) is 10.9 Å². The molecule has 1 amide bonds. The molecule has 1 aliphatic heterocycles. The Morgan fingerprint density at radius 2 is 2.02 bits per heavy atom. The van der Waals surface area contributed by atoms with Crippen LogP contribution in [0.15, 0.2) is 61.6 Å². The highest BCUT2D eigenvalue weighted by Crippen LogP contribution is 2.33. The maximum absolute atomic E-state index is 12.3. The van der Waals surface area contributed by atoms with Crippen molar-refractivity contribution in [3.8, 4) is 11.5 Å². The van der Waals surface area contributed by atoms with E-state index in [0.29, 0.717) is 29.1 Å². The molecule has 1 N–H and O–H groups in total.